The third kappa shape index (κ3) is 6.97. The van der Waals surface area contributed by atoms with Crippen LogP contribution in [0.25, 0.3) is 0 Å². The van der Waals surface area contributed by atoms with E-state index in [0.717, 1.165) is 25.5 Å². The molecule has 0 amide bonds. The second kappa shape index (κ2) is 10.5. The summed E-state index contributed by atoms with van der Waals surface area (Å²) in [4.78, 5) is 8.35. The second-order valence-electron chi connectivity index (χ2n) is 6.54. The van der Waals surface area contributed by atoms with Crippen LogP contribution in [0.3, 0.4) is 0 Å². The number of piperidine rings is 1. The summed E-state index contributed by atoms with van der Waals surface area (Å²) in [5, 5.41) is 9.03. The summed E-state index contributed by atoms with van der Waals surface area (Å²) in [6.07, 6.45) is 5.09. The molecule has 6 heteroatoms. The molecule has 0 bridgehead atoms. The van der Waals surface area contributed by atoms with Crippen molar-refractivity contribution in [3.8, 4) is 0 Å². The van der Waals surface area contributed by atoms with Gasteiger partial charge in [-0.2, -0.15) is 0 Å². The van der Waals surface area contributed by atoms with E-state index in [2.05, 4.69) is 51.9 Å². The fourth-order valence-electron chi connectivity index (χ4n) is 2.89. The molecule has 1 aliphatic heterocycles. The van der Waals surface area contributed by atoms with E-state index in [1.807, 2.05) is 18.4 Å². The summed E-state index contributed by atoms with van der Waals surface area (Å²) in [5.41, 5.74) is 0.172. The van der Waals surface area contributed by atoms with Crippen molar-refractivity contribution in [1.29, 1.82) is 0 Å². The van der Waals surface area contributed by atoms with Crippen LogP contribution >= 0.6 is 35.3 Å². The van der Waals surface area contributed by atoms with E-state index in [-0.39, 0.29) is 29.5 Å². The van der Waals surface area contributed by atoms with Gasteiger partial charge in [0.25, 0.3) is 0 Å². The molecule has 2 rings (SSSR count). The maximum Gasteiger partial charge on any atom is 0.191 e. The number of nitrogens with one attached hydrogen (secondary N) is 2. The van der Waals surface area contributed by atoms with Crippen LogP contribution < -0.4 is 10.6 Å². The summed E-state index contributed by atoms with van der Waals surface area (Å²) in [5.74, 6) is 0.904. The van der Waals surface area contributed by atoms with E-state index in [4.69, 9.17) is 0 Å². The van der Waals surface area contributed by atoms with Gasteiger partial charge in [-0.25, -0.2) is 0 Å². The van der Waals surface area contributed by atoms with E-state index in [1.165, 1.54) is 37.2 Å². The minimum absolute atomic E-state index is 0. The van der Waals surface area contributed by atoms with Gasteiger partial charge in [-0.3, -0.25) is 9.89 Å². The third-order valence-corrected chi connectivity index (χ3v) is 5.30. The SMILES string of the molecule is CN=C(NCCc1cccs1)NCC(C)(C)N1CCCCC1.I. The van der Waals surface area contributed by atoms with Crippen LogP contribution in [-0.4, -0.2) is 49.6 Å². The molecular weight excluding hydrogens is 419 g/mol. The van der Waals surface area contributed by atoms with Gasteiger partial charge in [0, 0.05) is 30.6 Å². The molecule has 2 N–H and O–H groups in total. The number of nitrogens with zero attached hydrogens (tertiary/aromatic N) is 2. The highest BCUT2D eigenvalue weighted by molar-refractivity contribution is 14.0. The number of hydrogen-bond acceptors (Lipinski definition) is 3. The molecule has 132 valence electrons. The zero-order valence-electron chi connectivity index (χ0n) is 14.6. The van der Waals surface area contributed by atoms with Crippen molar-refractivity contribution in [3.63, 3.8) is 0 Å². The lowest BCUT2D eigenvalue weighted by molar-refractivity contribution is 0.0982. The third-order valence-electron chi connectivity index (χ3n) is 4.37. The first-order valence-corrected chi connectivity index (χ1v) is 9.22. The molecule has 0 radical (unpaired) electrons. The van der Waals surface area contributed by atoms with Gasteiger partial charge in [-0.05, 0) is 57.6 Å². The molecule has 0 unspecified atom stereocenters. The van der Waals surface area contributed by atoms with Gasteiger partial charge in [0.05, 0.1) is 0 Å². The number of aliphatic imine (C=N–C) groups is 1. The average molecular weight is 450 g/mol. The zero-order valence-corrected chi connectivity index (χ0v) is 17.7. The lowest BCUT2D eigenvalue weighted by Crippen LogP contribution is -2.55. The fourth-order valence-corrected chi connectivity index (χ4v) is 3.60. The van der Waals surface area contributed by atoms with Crippen molar-refractivity contribution in [2.75, 3.05) is 33.2 Å². The monoisotopic (exact) mass is 450 g/mol. The van der Waals surface area contributed by atoms with Crippen LogP contribution in [-0.2, 0) is 6.42 Å². The van der Waals surface area contributed by atoms with Gasteiger partial charge < -0.3 is 10.6 Å². The van der Waals surface area contributed by atoms with Crippen LogP contribution in [0.1, 0.15) is 38.0 Å². The van der Waals surface area contributed by atoms with Crippen molar-refractivity contribution < 1.29 is 0 Å². The maximum atomic E-state index is 4.33. The Bertz CT molecular complexity index is 453. The molecule has 0 spiro atoms. The molecule has 0 saturated carbocycles. The van der Waals surface area contributed by atoms with E-state index in [0.29, 0.717) is 0 Å². The Morgan fingerprint density at radius 1 is 1.26 bits per heavy atom. The summed E-state index contributed by atoms with van der Waals surface area (Å²) in [7, 11) is 1.84. The van der Waals surface area contributed by atoms with Gasteiger partial charge in [-0.15, -0.1) is 35.3 Å². The number of hydrogen-bond donors (Lipinski definition) is 2. The van der Waals surface area contributed by atoms with Gasteiger partial charge in [0.2, 0.25) is 0 Å². The van der Waals surface area contributed by atoms with Crippen LogP contribution in [0.15, 0.2) is 22.5 Å². The summed E-state index contributed by atoms with van der Waals surface area (Å²) in [6, 6.07) is 4.29. The highest BCUT2D eigenvalue weighted by atomic mass is 127. The number of halogens is 1. The van der Waals surface area contributed by atoms with E-state index < -0.39 is 0 Å². The highest BCUT2D eigenvalue weighted by Gasteiger charge is 2.27. The van der Waals surface area contributed by atoms with Gasteiger partial charge >= 0.3 is 0 Å². The lowest BCUT2D eigenvalue weighted by Gasteiger charge is -2.41. The van der Waals surface area contributed by atoms with Crippen molar-refractivity contribution in [2.45, 2.75) is 45.1 Å². The lowest BCUT2D eigenvalue weighted by atomic mass is 9.98. The van der Waals surface area contributed by atoms with Crippen molar-refractivity contribution in [2.24, 2.45) is 4.99 Å². The molecule has 23 heavy (non-hydrogen) atoms. The molecule has 0 atom stereocenters. The Labute approximate surface area is 162 Å². The normalized spacial score (nSPS) is 16.7. The minimum atomic E-state index is 0. The fraction of sp³-hybridized carbons (Fsp3) is 0.706. The molecule has 0 aromatic carbocycles. The topological polar surface area (TPSA) is 39.7 Å². The molecule has 1 aromatic rings. The molecule has 1 aliphatic rings. The van der Waals surface area contributed by atoms with Crippen LogP contribution in [0.4, 0.5) is 0 Å². The number of guanidine groups is 1. The maximum absolute atomic E-state index is 4.33. The molecule has 4 nitrogen and oxygen atoms in total. The van der Waals surface area contributed by atoms with Crippen molar-refractivity contribution in [1.82, 2.24) is 15.5 Å². The summed E-state index contributed by atoms with van der Waals surface area (Å²) < 4.78 is 0. The summed E-state index contributed by atoms with van der Waals surface area (Å²) >= 11 is 1.81. The minimum Gasteiger partial charge on any atom is -0.356 e. The average Bonchev–Trinajstić information content (AvgIpc) is 3.05. The Kier molecular flexibility index (Phi) is 9.46. The van der Waals surface area contributed by atoms with Crippen molar-refractivity contribution >= 4 is 41.3 Å². The summed E-state index contributed by atoms with van der Waals surface area (Å²) in [6.45, 7) is 8.93. The smallest absolute Gasteiger partial charge is 0.191 e. The molecular formula is C17H31IN4S. The molecule has 2 heterocycles. The first-order valence-electron chi connectivity index (χ1n) is 8.34. The predicted molar refractivity (Wildman–Crippen MR) is 112 cm³/mol. The van der Waals surface area contributed by atoms with Gasteiger partial charge in [0.1, 0.15) is 0 Å². The van der Waals surface area contributed by atoms with E-state index in [1.54, 1.807) is 0 Å². The second-order valence-corrected chi connectivity index (χ2v) is 7.57. The largest absolute Gasteiger partial charge is 0.356 e. The quantitative estimate of drug-likeness (QED) is 0.397. The molecule has 1 fully saturated rings. The van der Waals surface area contributed by atoms with Crippen molar-refractivity contribution in [3.05, 3.63) is 22.4 Å². The van der Waals surface area contributed by atoms with Crippen LogP contribution in [0.5, 0.6) is 0 Å². The first kappa shape index (κ1) is 20.7. The van der Waals surface area contributed by atoms with E-state index >= 15 is 0 Å². The first-order chi connectivity index (χ1) is 10.6. The Balaban J connectivity index is 0.00000264. The van der Waals surface area contributed by atoms with Crippen LogP contribution in [0.2, 0.25) is 0 Å². The molecule has 1 aromatic heterocycles. The Morgan fingerprint density at radius 3 is 2.61 bits per heavy atom. The number of likely N-dealkylation sites (tertiary alicyclic amines) is 1. The molecule has 1 saturated heterocycles. The van der Waals surface area contributed by atoms with Gasteiger partial charge in [0.15, 0.2) is 5.96 Å². The van der Waals surface area contributed by atoms with Crippen LogP contribution in [0, 0.1) is 0 Å². The number of rotatable bonds is 6. The Morgan fingerprint density at radius 2 is 2.00 bits per heavy atom. The van der Waals surface area contributed by atoms with E-state index in [9.17, 15) is 0 Å². The zero-order chi connectivity index (χ0) is 15.8. The highest BCUT2D eigenvalue weighted by Crippen LogP contribution is 2.19. The van der Waals surface area contributed by atoms with Gasteiger partial charge in [-0.1, -0.05) is 12.5 Å². The Hall–Kier alpha value is -0.340. The number of thiophene rings is 1. The molecule has 0 aliphatic carbocycles. The predicted octanol–water partition coefficient (Wildman–Crippen LogP) is 3.34. The standard InChI is InChI=1S/C17H30N4S.HI/c1-17(2,21-11-5-4-6-12-21)14-20-16(18-3)19-10-9-15-8-7-13-22-15;/h7-8,13H,4-6,9-12,14H2,1-3H3,(H2,18,19,20);1H.